The summed E-state index contributed by atoms with van der Waals surface area (Å²) in [6.07, 6.45) is -5.71. The molecule has 2 N–H and O–H groups in total. The molecule has 3 rings (SSSR count). The van der Waals surface area contributed by atoms with Gasteiger partial charge >= 0.3 is 6.18 Å². The molecule has 1 aromatic carbocycles. The number of aromatic nitrogens is 3. The number of fused-ring (bicyclic) bond motifs is 1. The first-order chi connectivity index (χ1) is 12.2. The van der Waals surface area contributed by atoms with E-state index in [4.69, 9.17) is 0 Å². The maximum absolute atomic E-state index is 13.6. The lowest BCUT2D eigenvalue weighted by atomic mass is 9.99. The van der Waals surface area contributed by atoms with E-state index < -0.39 is 29.1 Å². The van der Waals surface area contributed by atoms with Gasteiger partial charge in [-0.1, -0.05) is 30.4 Å². The van der Waals surface area contributed by atoms with Gasteiger partial charge < -0.3 is 10.4 Å². The van der Waals surface area contributed by atoms with E-state index in [0.717, 1.165) is 11.3 Å². The number of hydrogen-bond donors (Lipinski definition) is 2. The van der Waals surface area contributed by atoms with Gasteiger partial charge in [-0.25, -0.2) is 4.98 Å². The summed E-state index contributed by atoms with van der Waals surface area (Å²) in [4.78, 5) is 16.0. The molecule has 0 saturated heterocycles. The number of thiazole rings is 1. The quantitative estimate of drug-likeness (QED) is 0.682. The Balaban J connectivity index is 1.88. The monoisotopic (exact) mass is 402 g/mol. The Bertz CT molecular complexity index is 907. The number of hydrogen-bond acceptors (Lipinski definition) is 7. The van der Waals surface area contributed by atoms with E-state index in [0.29, 0.717) is 33.0 Å². The van der Waals surface area contributed by atoms with Gasteiger partial charge in [0.25, 0.3) is 0 Å². The number of anilines is 1. The van der Waals surface area contributed by atoms with E-state index in [1.807, 2.05) is 6.92 Å². The summed E-state index contributed by atoms with van der Waals surface area (Å²) in [6, 6.07) is 6.43. The number of halogens is 3. The summed E-state index contributed by atoms with van der Waals surface area (Å²) < 4.78 is 41.3. The number of nitrogens with one attached hydrogen (secondary N) is 1. The molecule has 0 fully saturated rings. The van der Waals surface area contributed by atoms with Crippen molar-refractivity contribution in [3.05, 3.63) is 34.3 Å². The van der Waals surface area contributed by atoms with Crippen molar-refractivity contribution in [2.75, 3.05) is 5.32 Å². The number of aliphatic hydroxyl groups is 1. The van der Waals surface area contributed by atoms with Gasteiger partial charge in [-0.15, -0.1) is 21.5 Å². The number of amides is 1. The minimum absolute atomic E-state index is 0.0840. The molecule has 0 spiro atoms. The first kappa shape index (κ1) is 18.7. The highest BCUT2D eigenvalue weighted by atomic mass is 32.1. The zero-order chi connectivity index (χ0) is 18.9. The Labute approximate surface area is 153 Å². The van der Waals surface area contributed by atoms with Crippen LogP contribution in [0.25, 0.3) is 10.2 Å². The number of alkyl halides is 3. The second kappa shape index (κ2) is 6.89. The van der Waals surface area contributed by atoms with E-state index in [-0.39, 0.29) is 5.13 Å². The molecule has 1 amide bonds. The molecule has 1 unspecified atom stereocenters. The number of carbonyl (C=O) groups excluding carboxylic acids is 1. The fraction of sp³-hybridized carbons (Fsp3) is 0.333. The van der Waals surface area contributed by atoms with Gasteiger partial charge in [0.05, 0.1) is 16.6 Å². The molecule has 6 nitrogen and oxygen atoms in total. The van der Waals surface area contributed by atoms with Gasteiger partial charge in [0.2, 0.25) is 16.6 Å². The number of nitrogens with zero attached hydrogens (tertiary/aromatic N) is 3. The third-order valence-electron chi connectivity index (χ3n) is 3.55. The van der Waals surface area contributed by atoms with Crippen molar-refractivity contribution in [1.82, 2.24) is 15.2 Å². The Morgan fingerprint density at radius 1 is 1.23 bits per heavy atom. The molecule has 0 bridgehead atoms. The summed E-state index contributed by atoms with van der Waals surface area (Å²) in [7, 11) is 0. The summed E-state index contributed by atoms with van der Waals surface area (Å²) >= 11 is 1.76. The van der Waals surface area contributed by atoms with Crippen LogP contribution in [0, 0.1) is 0 Å². The molecule has 3 aromatic rings. The van der Waals surface area contributed by atoms with Gasteiger partial charge in [0.15, 0.2) is 0 Å². The summed E-state index contributed by atoms with van der Waals surface area (Å²) in [5.74, 6) is -1.03. The summed E-state index contributed by atoms with van der Waals surface area (Å²) in [5, 5.41) is 20.2. The lowest BCUT2D eigenvalue weighted by Gasteiger charge is -2.27. The van der Waals surface area contributed by atoms with Crippen LogP contribution in [-0.4, -0.2) is 32.4 Å². The zero-order valence-electron chi connectivity index (χ0n) is 13.4. The van der Waals surface area contributed by atoms with Crippen LogP contribution < -0.4 is 5.32 Å². The maximum Gasteiger partial charge on any atom is 0.424 e. The molecule has 0 aliphatic carbocycles. The van der Waals surface area contributed by atoms with E-state index in [1.54, 1.807) is 24.3 Å². The van der Waals surface area contributed by atoms with Gasteiger partial charge in [-0.05, 0) is 18.6 Å². The maximum atomic E-state index is 13.6. The lowest BCUT2D eigenvalue weighted by molar-refractivity contribution is -0.266. The van der Waals surface area contributed by atoms with Crippen LogP contribution in [0.5, 0.6) is 0 Å². The molecule has 0 aliphatic heterocycles. The normalized spacial score (nSPS) is 14.3. The highest BCUT2D eigenvalue weighted by Crippen LogP contribution is 2.44. The van der Waals surface area contributed by atoms with Crippen molar-refractivity contribution in [3.63, 3.8) is 0 Å². The van der Waals surface area contributed by atoms with E-state index in [2.05, 4.69) is 20.5 Å². The standard InChI is InChI=1S/C15H13F3N4O2S2/c1-2-11-21-22-13(26-11)20-10(23)7-14(24,15(16,17)18)12-19-8-5-3-4-6-9(8)25-12/h3-6,24H,2,7H2,1H3,(H,20,22,23). The molecule has 11 heteroatoms. The van der Waals surface area contributed by atoms with E-state index in [9.17, 15) is 23.1 Å². The first-order valence-electron chi connectivity index (χ1n) is 7.50. The first-order valence-corrected chi connectivity index (χ1v) is 9.13. The molecule has 0 radical (unpaired) electrons. The van der Waals surface area contributed by atoms with Crippen LogP contribution in [0.15, 0.2) is 24.3 Å². The number of benzene rings is 1. The summed E-state index contributed by atoms with van der Waals surface area (Å²) in [6.45, 7) is 1.83. The fourth-order valence-corrected chi connectivity index (χ4v) is 3.96. The average molecular weight is 402 g/mol. The number of para-hydroxylation sites is 1. The highest BCUT2D eigenvalue weighted by Gasteiger charge is 2.58. The smallest absolute Gasteiger partial charge is 0.374 e. The molecule has 26 heavy (non-hydrogen) atoms. The minimum atomic E-state index is -5.08. The molecule has 2 heterocycles. The molecule has 2 aromatic heterocycles. The minimum Gasteiger partial charge on any atom is -0.374 e. The van der Waals surface area contributed by atoms with Gasteiger partial charge in [-0.2, -0.15) is 13.2 Å². The topological polar surface area (TPSA) is 88.0 Å². The number of rotatable bonds is 5. The second-order valence-electron chi connectivity index (χ2n) is 5.42. The molecular weight excluding hydrogens is 389 g/mol. The predicted molar refractivity (Wildman–Crippen MR) is 92.1 cm³/mol. The molecule has 1 atom stereocenters. The molecule has 0 aliphatic rings. The number of aryl methyl sites for hydroxylation is 1. The Kier molecular flexibility index (Phi) is 4.95. The van der Waals surface area contributed by atoms with Crippen LogP contribution in [0.1, 0.15) is 23.4 Å². The lowest BCUT2D eigenvalue weighted by Crippen LogP contribution is -2.45. The van der Waals surface area contributed by atoms with E-state index in [1.165, 1.54) is 0 Å². The zero-order valence-corrected chi connectivity index (χ0v) is 15.0. The van der Waals surface area contributed by atoms with Crippen LogP contribution in [0.3, 0.4) is 0 Å². The van der Waals surface area contributed by atoms with Crippen LogP contribution in [0.2, 0.25) is 0 Å². The Hall–Kier alpha value is -2.11. The van der Waals surface area contributed by atoms with Crippen LogP contribution in [0.4, 0.5) is 18.3 Å². The van der Waals surface area contributed by atoms with E-state index >= 15 is 0 Å². The number of carbonyl (C=O) groups is 1. The van der Waals surface area contributed by atoms with Gasteiger partial charge in [0, 0.05) is 0 Å². The Morgan fingerprint density at radius 2 is 1.96 bits per heavy atom. The van der Waals surface area contributed by atoms with Crippen molar-refractivity contribution in [2.45, 2.75) is 31.5 Å². The van der Waals surface area contributed by atoms with Gasteiger partial charge in [-0.3, -0.25) is 4.79 Å². The largest absolute Gasteiger partial charge is 0.424 e. The average Bonchev–Trinajstić information content (AvgIpc) is 3.19. The van der Waals surface area contributed by atoms with Crippen LogP contribution in [-0.2, 0) is 16.8 Å². The second-order valence-corrected chi connectivity index (χ2v) is 7.52. The van der Waals surface area contributed by atoms with Crippen molar-refractivity contribution in [2.24, 2.45) is 0 Å². The Morgan fingerprint density at radius 3 is 2.58 bits per heavy atom. The van der Waals surface area contributed by atoms with Crippen molar-refractivity contribution in [1.29, 1.82) is 0 Å². The third kappa shape index (κ3) is 3.55. The molecule has 138 valence electrons. The molecule has 0 saturated carbocycles. The fourth-order valence-electron chi connectivity index (χ4n) is 2.19. The van der Waals surface area contributed by atoms with Crippen LogP contribution >= 0.6 is 22.7 Å². The highest BCUT2D eigenvalue weighted by molar-refractivity contribution is 7.18. The third-order valence-corrected chi connectivity index (χ3v) is 5.72. The predicted octanol–water partition coefficient (Wildman–Crippen LogP) is 3.49. The summed E-state index contributed by atoms with van der Waals surface area (Å²) in [5.41, 5.74) is -3.06. The molecular formula is C15H13F3N4O2S2. The van der Waals surface area contributed by atoms with Gasteiger partial charge in [0.1, 0.15) is 10.0 Å². The van der Waals surface area contributed by atoms with Crippen molar-refractivity contribution < 1.29 is 23.1 Å². The SMILES string of the molecule is CCc1nnc(NC(=O)CC(O)(c2nc3ccccc3s2)C(F)(F)F)s1. The van der Waals surface area contributed by atoms with Crippen molar-refractivity contribution >= 4 is 43.9 Å². The van der Waals surface area contributed by atoms with Crippen molar-refractivity contribution in [3.8, 4) is 0 Å².